The molecule has 5 nitrogen and oxygen atoms in total. The molecule has 0 aliphatic carbocycles. The molecule has 1 rings (SSSR count). The molecule has 0 aliphatic heterocycles. The van der Waals surface area contributed by atoms with Crippen LogP contribution in [-0.2, 0) is 0 Å². The molecule has 0 saturated carbocycles. The first-order valence-electron chi connectivity index (χ1n) is 3.72. The average Bonchev–Trinajstić information content (AvgIpc) is 2.11. The lowest BCUT2D eigenvalue weighted by Gasteiger charge is -2.11. The summed E-state index contributed by atoms with van der Waals surface area (Å²) in [5.74, 6) is -4.18. The van der Waals surface area contributed by atoms with Gasteiger partial charge in [0.1, 0.15) is 0 Å². The fourth-order valence-corrected chi connectivity index (χ4v) is 1.09. The molecule has 0 atom stereocenters. The molecule has 1 aromatic carbocycles. The Morgan fingerprint density at radius 2 is 1.07 bits per heavy atom. The van der Waals surface area contributed by atoms with Gasteiger partial charge in [-0.3, -0.25) is 0 Å². The molecule has 5 N–H and O–H groups in total. The second kappa shape index (κ2) is 3.02. The highest BCUT2D eigenvalue weighted by Gasteiger charge is 2.22. The van der Waals surface area contributed by atoms with E-state index < -0.39 is 28.7 Å². The number of phenolic OH excluding ortho intramolecular Hbond substituents is 5. The van der Waals surface area contributed by atoms with E-state index in [4.69, 9.17) is 15.3 Å². The molecule has 0 amide bonds. The zero-order valence-electron chi connectivity index (χ0n) is 7.44. The van der Waals surface area contributed by atoms with Crippen molar-refractivity contribution in [3.8, 4) is 28.7 Å². The van der Waals surface area contributed by atoms with Crippen molar-refractivity contribution >= 4 is 5.57 Å². The second-order valence-electron chi connectivity index (χ2n) is 2.90. The number of benzene rings is 1. The Hall–Kier alpha value is -2.04. The fourth-order valence-electron chi connectivity index (χ4n) is 1.09. The first-order valence-corrected chi connectivity index (χ1v) is 3.72. The third kappa shape index (κ3) is 1.19. The summed E-state index contributed by atoms with van der Waals surface area (Å²) in [5.41, 5.74) is 0.0448. The molecular formula is C9H10O5. The van der Waals surface area contributed by atoms with Gasteiger partial charge in [0.05, 0.1) is 5.56 Å². The second-order valence-corrected chi connectivity index (χ2v) is 2.90. The van der Waals surface area contributed by atoms with Crippen LogP contribution in [0.2, 0.25) is 0 Å². The van der Waals surface area contributed by atoms with Crippen LogP contribution in [0.1, 0.15) is 12.5 Å². The van der Waals surface area contributed by atoms with Gasteiger partial charge >= 0.3 is 0 Å². The molecule has 0 heterocycles. The van der Waals surface area contributed by atoms with E-state index in [0.717, 1.165) is 0 Å². The minimum absolute atomic E-state index is 0.196. The van der Waals surface area contributed by atoms with Crippen LogP contribution >= 0.6 is 0 Å². The molecule has 0 fully saturated rings. The lowest BCUT2D eigenvalue weighted by Crippen LogP contribution is -1.84. The highest BCUT2D eigenvalue weighted by Crippen LogP contribution is 2.52. The molecule has 0 aromatic heterocycles. The van der Waals surface area contributed by atoms with E-state index in [1.165, 1.54) is 6.92 Å². The monoisotopic (exact) mass is 198 g/mol. The summed E-state index contributed by atoms with van der Waals surface area (Å²) in [6.45, 7) is 4.90. The number of hydrogen-bond acceptors (Lipinski definition) is 5. The quantitative estimate of drug-likeness (QED) is 0.345. The molecule has 0 unspecified atom stereocenters. The standard InChI is InChI=1S/C9H10O5/c1-3(2)4-5(10)7(12)9(14)8(13)6(4)11/h10-14H,1H2,2H3. The smallest absolute Gasteiger partial charge is 0.208 e. The third-order valence-electron chi connectivity index (χ3n) is 1.80. The summed E-state index contributed by atoms with van der Waals surface area (Å²) in [6, 6.07) is 0. The van der Waals surface area contributed by atoms with Crippen LogP contribution in [0.25, 0.3) is 5.57 Å². The van der Waals surface area contributed by atoms with Crippen LogP contribution in [0.15, 0.2) is 6.58 Å². The number of allylic oxidation sites excluding steroid dienone is 1. The summed E-state index contributed by atoms with van der Waals surface area (Å²) in [7, 11) is 0. The Balaban J connectivity index is 3.68. The summed E-state index contributed by atoms with van der Waals surface area (Å²) in [5, 5.41) is 45.9. The van der Waals surface area contributed by atoms with Gasteiger partial charge in [-0.05, 0) is 12.5 Å². The van der Waals surface area contributed by atoms with E-state index >= 15 is 0 Å². The number of aromatic hydroxyl groups is 5. The van der Waals surface area contributed by atoms with E-state index in [-0.39, 0.29) is 11.1 Å². The van der Waals surface area contributed by atoms with Crippen molar-refractivity contribution in [2.24, 2.45) is 0 Å². The van der Waals surface area contributed by atoms with Crippen LogP contribution in [-0.4, -0.2) is 25.5 Å². The Kier molecular flexibility index (Phi) is 2.17. The van der Waals surface area contributed by atoms with E-state index in [1.807, 2.05) is 0 Å². The summed E-state index contributed by atoms with van der Waals surface area (Å²) < 4.78 is 0. The maximum absolute atomic E-state index is 9.31. The maximum Gasteiger partial charge on any atom is 0.208 e. The normalized spacial score (nSPS) is 10.1. The SMILES string of the molecule is C=C(C)c1c(O)c(O)c(O)c(O)c1O. The highest BCUT2D eigenvalue weighted by atomic mass is 16.4. The summed E-state index contributed by atoms with van der Waals surface area (Å²) in [4.78, 5) is 0. The molecule has 0 radical (unpaired) electrons. The van der Waals surface area contributed by atoms with E-state index in [9.17, 15) is 10.2 Å². The Morgan fingerprint density at radius 3 is 1.36 bits per heavy atom. The molecule has 5 heteroatoms. The zero-order chi connectivity index (χ0) is 11.0. The van der Waals surface area contributed by atoms with Gasteiger partial charge in [-0.25, -0.2) is 0 Å². The topological polar surface area (TPSA) is 101 Å². The molecule has 0 saturated heterocycles. The van der Waals surface area contributed by atoms with Crippen LogP contribution in [0.4, 0.5) is 0 Å². The number of hydrogen-bond donors (Lipinski definition) is 5. The van der Waals surface area contributed by atoms with Crippen LogP contribution in [0.5, 0.6) is 28.7 Å². The van der Waals surface area contributed by atoms with E-state index in [1.54, 1.807) is 0 Å². The summed E-state index contributed by atoms with van der Waals surface area (Å²) in [6.07, 6.45) is 0. The van der Waals surface area contributed by atoms with Crippen molar-refractivity contribution in [3.63, 3.8) is 0 Å². The van der Waals surface area contributed by atoms with Crippen molar-refractivity contribution in [2.45, 2.75) is 6.92 Å². The lowest BCUT2D eigenvalue weighted by atomic mass is 10.0. The molecule has 0 spiro atoms. The fraction of sp³-hybridized carbons (Fsp3) is 0.111. The Labute approximate surface area is 79.8 Å². The van der Waals surface area contributed by atoms with Gasteiger partial charge in [0.15, 0.2) is 11.5 Å². The molecule has 1 aromatic rings. The van der Waals surface area contributed by atoms with Gasteiger partial charge in [-0.15, -0.1) is 0 Å². The van der Waals surface area contributed by atoms with Crippen molar-refractivity contribution in [3.05, 3.63) is 12.1 Å². The largest absolute Gasteiger partial charge is 0.504 e. The van der Waals surface area contributed by atoms with Gasteiger partial charge in [0, 0.05) is 0 Å². The highest BCUT2D eigenvalue weighted by molar-refractivity contribution is 5.80. The Morgan fingerprint density at radius 1 is 0.786 bits per heavy atom. The molecule has 76 valence electrons. The molecule has 14 heavy (non-hydrogen) atoms. The van der Waals surface area contributed by atoms with Crippen molar-refractivity contribution in [2.75, 3.05) is 0 Å². The van der Waals surface area contributed by atoms with Gasteiger partial charge < -0.3 is 25.5 Å². The maximum atomic E-state index is 9.31. The van der Waals surface area contributed by atoms with Gasteiger partial charge in [-0.1, -0.05) is 6.58 Å². The number of phenols is 5. The van der Waals surface area contributed by atoms with E-state index in [0.29, 0.717) is 0 Å². The number of rotatable bonds is 1. The minimum atomic E-state index is -0.968. The Bertz CT molecular complexity index is 379. The summed E-state index contributed by atoms with van der Waals surface area (Å²) >= 11 is 0. The molecule has 0 aliphatic rings. The first-order chi connectivity index (χ1) is 6.37. The van der Waals surface area contributed by atoms with Crippen LogP contribution in [0.3, 0.4) is 0 Å². The average molecular weight is 198 g/mol. The van der Waals surface area contributed by atoms with E-state index in [2.05, 4.69) is 6.58 Å². The van der Waals surface area contributed by atoms with Crippen molar-refractivity contribution in [1.82, 2.24) is 0 Å². The predicted octanol–water partition coefficient (Wildman–Crippen LogP) is 1.25. The van der Waals surface area contributed by atoms with Crippen molar-refractivity contribution in [1.29, 1.82) is 0 Å². The zero-order valence-corrected chi connectivity index (χ0v) is 7.44. The van der Waals surface area contributed by atoms with Crippen LogP contribution < -0.4 is 0 Å². The molecule has 0 bridgehead atoms. The molecular weight excluding hydrogens is 188 g/mol. The van der Waals surface area contributed by atoms with Gasteiger partial charge in [0.25, 0.3) is 0 Å². The first kappa shape index (κ1) is 10.0. The lowest BCUT2D eigenvalue weighted by molar-refractivity contribution is 0.327. The van der Waals surface area contributed by atoms with Crippen molar-refractivity contribution < 1.29 is 25.5 Å². The minimum Gasteiger partial charge on any atom is -0.504 e. The van der Waals surface area contributed by atoms with Crippen LogP contribution in [0, 0.1) is 0 Å². The third-order valence-corrected chi connectivity index (χ3v) is 1.80. The van der Waals surface area contributed by atoms with Gasteiger partial charge in [-0.2, -0.15) is 0 Å². The predicted molar refractivity (Wildman–Crippen MR) is 49.5 cm³/mol. The van der Waals surface area contributed by atoms with Gasteiger partial charge in [0.2, 0.25) is 17.2 Å².